The molecule has 0 fully saturated rings. The molecule has 0 aliphatic rings. The number of amides is 1. The summed E-state index contributed by atoms with van der Waals surface area (Å²) in [5.74, 6) is 1.27. The van der Waals surface area contributed by atoms with Gasteiger partial charge >= 0.3 is 0 Å². The van der Waals surface area contributed by atoms with Gasteiger partial charge in [-0.2, -0.15) is 0 Å². The van der Waals surface area contributed by atoms with Gasteiger partial charge in [-0.25, -0.2) is 0 Å². The Hall–Kier alpha value is -3.24. The van der Waals surface area contributed by atoms with E-state index in [2.05, 4.69) is 5.32 Å². The lowest BCUT2D eigenvalue weighted by Gasteiger charge is -2.11. The number of nitrogens with one attached hydrogen (secondary N) is 1. The fourth-order valence-corrected chi connectivity index (χ4v) is 2.84. The summed E-state index contributed by atoms with van der Waals surface area (Å²) in [6, 6.07) is 22.1. The van der Waals surface area contributed by atoms with Crippen LogP contribution in [0, 0.1) is 0 Å². The van der Waals surface area contributed by atoms with Gasteiger partial charge in [0.2, 0.25) is 5.91 Å². The molecule has 5 heteroatoms. The predicted octanol–water partition coefficient (Wildman–Crippen LogP) is 5.43. The summed E-state index contributed by atoms with van der Waals surface area (Å²) in [4.78, 5) is 12.6. The SMILES string of the molecule is COc1ccc(C(=CC(=O)Nc2ccc(Cl)cc2)c2ccc(OC)cc2)cc1. The average Bonchev–Trinajstić information content (AvgIpc) is 2.74. The Morgan fingerprint density at radius 1 is 0.786 bits per heavy atom. The number of halogens is 1. The lowest BCUT2D eigenvalue weighted by molar-refractivity contribution is -0.111. The van der Waals surface area contributed by atoms with E-state index in [4.69, 9.17) is 21.1 Å². The predicted molar refractivity (Wildman–Crippen MR) is 113 cm³/mol. The highest BCUT2D eigenvalue weighted by Gasteiger charge is 2.09. The van der Waals surface area contributed by atoms with Gasteiger partial charge in [-0.15, -0.1) is 0 Å². The molecule has 3 aromatic rings. The molecular formula is C23H20ClNO3. The molecule has 0 bridgehead atoms. The Labute approximate surface area is 169 Å². The van der Waals surface area contributed by atoms with E-state index in [9.17, 15) is 4.79 Å². The van der Waals surface area contributed by atoms with Crippen LogP contribution in [0.5, 0.6) is 11.5 Å². The monoisotopic (exact) mass is 393 g/mol. The summed E-state index contributed by atoms with van der Waals surface area (Å²) in [6.45, 7) is 0. The van der Waals surface area contributed by atoms with Crippen LogP contribution < -0.4 is 14.8 Å². The highest BCUT2D eigenvalue weighted by molar-refractivity contribution is 6.30. The average molecular weight is 394 g/mol. The normalized spacial score (nSPS) is 10.1. The fourth-order valence-electron chi connectivity index (χ4n) is 2.72. The lowest BCUT2D eigenvalue weighted by Crippen LogP contribution is -2.09. The summed E-state index contributed by atoms with van der Waals surface area (Å²) in [5, 5.41) is 3.48. The Kier molecular flexibility index (Phi) is 6.35. The molecule has 3 aromatic carbocycles. The van der Waals surface area contributed by atoms with Crippen LogP contribution in [0.1, 0.15) is 11.1 Å². The second-order valence-electron chi connectivity index (χ2n) is 6.01. The van der Waals surface area contributed by atoms with E-state index in [0.717, 1.165) is 28.2 Å². The first-order chi connectivity index (χ1) is 13.6. The van der Waals surface area contributed by atoms with Crippen LogP contribution >= 0.6 is 11.6 Å². The standard InChI is InChI=1S/C23H20ClNO3/c1-27-20-11-3-16(4-12-20)22(17-5-13-21(28-2)14-6-17)15-23(26)25-19-9-7-18(24)8-10-19/h3-15H,1-2H3,(H,25,26). The number of ether oxygens (including phenoxy) is 2. The zero-order valence-corrected chi connectivity index (χ0v) is 16.4. The van der Waals surface area contributed by atoms with Gasteiger partial charge in [0.15, 0.2) is 0 Å². The third-order valence-electron chi connectivity index (χ3n) is 4.19. The number of carbonyl (C=O) groups excluding carboxylic acids is 1. The van der Waals surface area contributed by atoms with Crippen molar-refractivity contribution in [3.63, 3.8) is 0 Å². The zero-order chi connectivity index (χ0) is 19.9. The Bertz CT molecular complexity index is 913. The Balaban J connectivity index is 1.94. The second kappa shape index (κ2) is 9.11. The van der Waals surface area contributed by atoms with E-state index in [1.54, 1.807) is 44.6 Å². The molecule has 0 aliphatic heterocycles. The molecule has 0 spiro atoms. The van der Waals surface area contributed by atoms with E-state index in [-0.39, 0.29) is 5.91 Å². The molecule has 1 N–H and O–H groups in total. The van der Waals surface area contributed by atoms with Crippen molar-refractivity contribution in [2.24, 2.45) is 0 Å². The van der Waals surface area contributed by atoms with Crippen LogP contribution in [0.25, 0.3) is 5.57 Å². The molecule has 0 saturated carbocycles. The van der Waals surface area contributed by atoms with E-state index >= 15 is 0 Å². The summed E-state index contributed by atoms with van der Waals surface area (Å²) >= 11 is 5.90. The number of methoxy groups -OCH3 is 2. The third-order valence-corrected chi connectivity index (χ3v) is 4.44. The van der Waals surface area contributed by atoms with Gasteiger partial charge in [0, 0.05) is 16.8 Å². The maximum absolute atomic E-state index is 12.6. The van der Waals surface area contributed by atoms with Gasteiger partial charge < -0.3 is 14.8 Å². The summed E-state index contributed by atoms with van der Waals surface area (Å²) in [6.07, 6.45) is 1.58. The first kappa shape index (κ1) is 19.5. The molecule has 0 aromatic heterocycles. The topological polar surface area (TPSA) is 47.6 Å². The molecule has 0 saturated heterocycles. The van der Waals surface area contributed by atoms with E-state index in [1.165, 1.54) is 0 Å². The van der Waals surface area contributed by atoms with Gasteiger partial charge in [-0.05, 0) is 65.2 Å². The number of carbonyl (C=O) groups is 1. The zero-order valence-electron chi connectivity index (χ0n) is 15.6. The first-order valence-corrected chi connectivity index (χ1v) is 9.04. The largest absolute Gasteiger partial charge is 0.497 e. The minimum absolute atomic E-state index is 0.232. The smallest absolute Gasteiger partial charge is 0.249 e. The van der Waals surface area contributed by atoms with Crippen LogP contribution in [-0.4, -0.2) is 20.1 Å². The molecule has 0 unspecified atom stereocenters. The van der Waals surface area contributed by atoms with Crippen molar-refractivity contribution < 1.29 is 14.3 Å². The van der Waals surface area contributed by atoms with Crippen LogP contribution in [0.3, 0.4) is 0 Å². The Morgan fingerprint density at radius 2 is 1.25 bits per heavy atom. The van der Waals surface area contributed by atoms with Gasteiger partial charge in [0.1, 0.15) is 11.5 Å². The van der Waals surface area contributed by atoms with Gasteiger partial charge in [-0.1, -0.05) is 35.9 Å². The van der Waals surface area contributed by atoms with Gasteiger partial charge in [0.05, 0.1) is 14.2 Å². The fraction of sp³-hybridized carbons (Fsp3) is 0.0870. The van der Waals surface area contributed by atoms with Crippen molar-refractivity contribution in [2.75, 3.05) is 19.5 Å². The molecule has 0 aliphatic carbocycles. The minimum atomic E-state index is -0.232. The van der Waals surface area contributed by atoms with Crippen LogP contribution in [-0.2, 0) is 4.79 Å². The van der Waals surface area contributed by atoms with Crippen LogP contribution in [0.15, 0.2) is 78.9 Å². The maximum atomic E-state index is 12.6. The quantitative estimate of drug-likeness (QED) is 0.568. The number of rotatable bonds is 6. The molecule has 0 heterocycles. The lowest BCUT2D eigenvalue weighted by atomic mass is 9.97. The van der Waals surface area contributed by atoms with Crippen molar-refractivity contribution in [1.82, 2.24) is 0 Å². The molecule has 1 amide bonds. The number of hydrogen-bond donors (Lipinski definition) is 1. The van der Waals surface area contributed by atoms with Crippen molar-refractivity contribution in [2.45, 2.75) is 0 Å². The molecule has 3 rings (SSSR count). The number of benzene rings is 3. The van der Waals surface area contributed by atoms with Crippen molar-refractivity contribution >= 4 is 28.8 Å². The summed E-state index contributed by atoms with van der Waals surface area (Å²) in [5.41, 5.74) is 3.26. The summed E-state index contributed by atoms with van der Waals surface area (Å²) < 4.78 is 10.5. The second-order valence-corrected chi connectivity index (χ2v) is 6.45. The van der Waals surface area contributed by atoms with E-state index < -0.39 is 0 Å². The molecular weight excluding hydrogens is 374 g/mol. The maximum Gasteiger partial charge on any atom is 0.249 e. The van der Waals surface area contributed by atoms with Crippen LogP contribution in [0.2, 0.25) is 5.02 Å². The van der Waals surface area contributed by atoms with Crippen molar-refractivity contribution in [3.8, 4) is 11.5 Å². The highest BCUT2D eigenvalue weighted by Crippen LogP contribution is 2.27. The van der Waals surface area contributed by atoms with Crippen molar-refractivity contribution in [3.05, 3.63) is 95.0 Å². The highest BCUT2D eigenvalue weighted by atomic mass is 35.5. The molecule has 0 atom stereocenters. The number of hydrogen-bond acceptors (Lipinski definition) is 3. The first-order valence-electron chi connectivity index (χ1n) is 8.66. The molecule has 4 nitrogen and oxygen atoms in total. The summed E-state index contributed by atoms with van der Waals surface area (Å²) in [7, 11) is 3.24. The molecule has 28 heavy (non-hydrogen) atoms. The van der Waals surface area contributed by atoms with E-state index in [1.807, 2.05) is 48.5 Å². The van der Waals surface area contributed by atoms with Crippen LogP contribution in [0.4, 0.5) is 5.69 Å². The van der Waals surface area contributed by atoms with E-state index in [0.29, 0.717) is 10.7 Å². The molecule has 0 radical (unpaired) electrons. The van der Waals surface area contributed by atoms with Gasteiger partial charge in [-0.3, -0.25) is 4.79 Å². The Morgan fingerprint density at radius 3 is 1.68 bits per heavy atom. The van der Waals surface area contributed by atoms with Gasteiger partial charge in [0.25, 0.3) is 0 Å². The van der Waals surface area contributed by atoms with Crippen molar-refractivity contribution in [1.29, 1.82) is 0 Å². The minimum Gasteiger partial charge on any atom is -0.497 e. The molecule has 142 valence electrons. The number of anilines is 1. The third kappa shape index (κ3) is 4.93.